The standard InChI is InChI=1S/C24H23ClFN5O2/c25-18-3-1-17(2-4-18)14-29-11-9-24(33,10-12-29)15-30-16-27-22-21(23(30)32)13-28-31(22)20-7-5-19(26)6-8-20/h1-8,13,16,33H,9-12,14-15H2. The number of benzene rings is 2. The molecule has 0 aliphatic carbocycles. The van der Waals surface area contributed by atoms with E-state index in [2.05, 4.69) is 15.0 Å². The van der Waals surface area contributed by atoms with E-state index in [9.17, 15) is 14.3 Å². The third-order valence-corrected chi connectivity index (χ3v) is 6.45. The van der Waals surface area contributed by atoms with Gasteiger partial charge in [0.15, 0.2) is 5.65 Å². The average Bonchev–Trinajstić information content (AvgIpc) is 3.24. The maximum atomic E-state index is 13.2. The summed E-state index contributed by atoms with van der Waals surface area (Å²) in [5.74, 6) is -0.349. The molecule has 0 radical (unpaired) electrons. The fraction of sp³-hybridized carbons (Fsp3) is 0.292. The number of fused-ring (bicyclic) bond motifs is 1. The molecule has 0 spiro atoms. The molecule has 3 heterocycles. The van der Waals surface area contributed by atoms with E-state index in [4.69, 9.17) is 11.6 Å². The first-order valence-corrected chi connectivity index (χ1v) is 11.2. The molecule has 1 fully saturated rings. The first-order chi connectivity index (χ1) is 15.9. The number of hydrogen-bond acceptors (Lipinski definition) is 5. The number of hydrogen-bond donors (Lipinski definition) is 1. The second kappa shape index (κ2) is 8.70. The Bertz CT molecular complexity index is 1330. The lowest BCUT2D eigenvalue weighted by atomic mass is 9.91. The molecule has 0 unspecified atom stereocenters. The predicted molar refractivity (Wildman–Crippen MR) is 124 cm³/mol. The van der Waals surface area contributed by atoms with Crippen molar-refractivity contribution in [2.75, 3.05) is 13.1 Å². The van der Waals surface area contributed by atoms with Crippen molar-refractivity contribution in [3.63, 3.8) is 0 Å². The van der Waals surface area contributed by atoms with Gasteiger partial charge < -0.3 is 5.11 Å². The lowest BCUT2D eigenvalue weighted by Gasteiger charge is -2.38. The molecule has 1 aliphatic heterocycles. The Morgan fingerprint density at radius 3 is 2.45 bits per heavy atom. The van der Waals surface area contributed by atoms with Crippen LogP contribution < -0.4 is 5.56 Å². The molecule has 7 nitrogen and oxygen atoms in total. The minimum Gasteiger partial charge on any atom is -0.388 e. The molecule has 33 heavy (non-hydrogen) atoms. The van der Waals surface area contributed by atoms with E-state index in [1.54, 1.807) is 12.1 Å². The monoisotopic (exact) mass is 467 g/mol. The van der Waals surface area contributed by atoms with Gasteiger partial charge >= 0.3 is 0 Å². The minimum atomic E-state index is -0.984. The third kappa shape index (κ3) is 4.55. The highest BCUT2D eigenvalue weighted by Gasteiger charge is 2.33. The summed E-state index contributed by atoms with van der Waals surface area (Å²) in [6.45, 7) is 2.42. The van der Waals surface area contributed by atoms with E-state index in [1.807, 2.05) is 24.3 Å². The summed E-state index contributed by atoms with van der Waals surface area (Å²) >= 11 is 5.96. The molecule has 0 amide bonds. The van der Waals surface area contributed by atoms with Gasteiger partial charge in [-0.2, -0.15) is 5.10 Å². The molecule has 5 rings (SSSR count). The van der Waals surface area contributed by atoms with Gasteiger partial charge in [-0.25, -0.2) is 14.1 Å². The van der Waals surface area contributed by atoms with Gasteiger partial charge in [-0.05, 0) is 54.8 Å². The van der Waals surface area contributed by atoms with Crippen LogP contribution in [-0.2, 0) is 13.1 Å². The third-order valence-electron chi connectivity index (χ3n) is 6.20. The second-order valence-corrected chi connectivity index (χ2v) is 9.01. The van der Waals surface area contributed by atoms with E-state index in [0.29, 0.717) is 34.6 Å². The molecule has 4 aromatic rings. The van der Waals surface area contributed by atoms with Crippen molar-refractivity contribution >= 4 is 22.6 Å². The summed E-state index contributed by atoms with van der Waals surface area (Å²) in [4.78, 5) is 19.8. The highest BCUT2D eigenvalue weighted by molar-refractivity contribution is 6.30. The minimum absolute atomic E-state index is 0.172. The van der Waals surface area contributed by atoms with Crippen LogP contribution in [0, 0.1) is 5.82 Å². The number of halogens is 2. The van der Waals surface area contributed by atoms with Gasteiger partial charge in [-0.3, -0.25) is 14.3 Å². The number of piperidine rings is 1. The van der Waals surface area contributed by atoms with Gasteiger partial charge in [0.05, 0.1) is 24.0 Å². The van der Waals surface area contributed by atoms with Crippen LogP contribution >= 0.6 is 11.6 Å². The number of rotatable bonds is 5. The van der Waals surface area contributed by atoms with Crippen LogP contribution in [-0.4, -0.2) is 48.0 Å². The number of aromatic nitrogens is 4. The number of aliphatic hydroxyl groups is 1. The molecule has 1 aliphatic rings. The maximum absolute atomic E-state index is 13.2. The molecule has 1 saturated heterocycles. The smallest absolute Gasteiger partial charge is 0.264 e. The summed E-state index contributed by atoms with van der Waals surface area (Å²) < 4.78 is 16.2. The quantitative estimate of drug-likeness (QED) is 0.487. The SMILES string of the molecule is O=c1c2cnn(-c3ccc(F)cc3)c2ncn1CC1(O)CCN(Cc2ccc(Cl)cc2)CC1. The molecule has 2 aromatic heterocycles. The van der Waals surface area contributed by atoms with Crippen LogP contribution in [0.1, 0.15) is 18.4 Å². The summed E-state index contributed by atoms with van der Waals surface area (Å²) in [5.41, 5.74) is 0.942. The van der Waals surface area contributed by atoms with Gasteiger partial charge in [-0.15, -0.1) is 0 Å². The predicted octanol–water partition coefficient (Wildman–Crippen LogP) is 3.40. The van der Waals surface area contributed by atoms with Crippen molar-refractivity contribution in [2.24, 2.45) is 0 Å². The Kier molecular flexibility index (Phi) is 5.74. The van der Waals surface area contributed by atoms with Gasteiger partial charge in [0.1, 0.15) is 17.5 Å². The molecule has 1 N–H and O–H groups in total. The lowest BCUT2D eigenvalue weighted by Crippen LogP contribution is -2.47. The largest absolute Gasteiger partial charge is 0.388 e. The summed E-state index contributed by atoms with van der Waals surface area (Å²) in [6, 6.07) is 13.6. The molecular formula is C24H23ClFN5O2. The molecule has 0 atom stereocenters. The van der Waals surface area contributed by atoms with Gasteiger partial charge in [0.2, 0.25) is 0 Å². The first-order valence-electron chi connectivity index (χ1n) is 10.8. The van der Waals surface area contributed by atoms with Crippen LogP contribution in [0.4, 0.5) is 4.39 Å². The number of likely N-dealkylation sites (tertiary alicyclic amines) is 1. The van der Waals surface area contributed by atoms with Crippen LogP contribution in [0.3, 0.4) is 0 Å². The topological polar surface area (TPSA) is 76.2 Å². The van der Waals surface area contributed by atoms with Crippen molar-refractivity contribution < 1.29 is 9.50 Å². The Morgan fingerprint density at radius 2 is 1.76 bits per heavy atom. The number of nitrogens with zero attached hydrogens (tertiary/aromatic N) is 5. The fourth-order valence-corrected chi connectivity index (χ4v) is 4.41. The zero-order valence-electron chi connectivity index (χ0n) is 17.9. The zero-order valence-corrected chi connectivity index (χ0v) is 18.6. The van der Waals surface area contributed by atoms with E-state index < -0.39 is 5.60 Å². The molecule has 170 valence electrons. The van der Waals surface area contributed by atoms with Crippen LogP contribution in [0.25, 0.3) is 16.7 Å². The highest BCUT2D eigenvalue weighted by atomic mass is 35.5. The average molecular weight is 468 g/mol. The molecule has 9 heteroatoms. The molecule has 0 saturated carbocycles. The zero-order chi connectivity index (χ0) is 23.0. The van der Waals surface area contributed by atoms with Crippen molar-refractivity contribution in [2.45, 2.75) is 31.5 Å². The van der Waals surface area contributed by atoms with Crippen LogP contribution in [0.5, 0.6) is 0 Å². The summed E-state index contributed by atoms with van der Waals surface area (Å²) in [7, 11) is 0. The lowest BCUT2D eigenvalue weighted by molar-refractivity contribution is -0.0364. The highest BCUT2D eigenvalue weighted by Crippen LogP contribution is 2.25. The van der Waals surface area contributed by atoms with E-state index in [-0.39, 0.29) is 17.9 Å². The van der Waals surface area contributed by atoms with Gasteiger partial charge in [0, 0.05) is 24.7 Å². The summed E-state index contributed by atoms with van der Waals surface area (Å²) in [5, 5.41) is 16.5. The Hall–Kier alpha value is -3.07. The van der Waals surface area contributed by atoms with Crippen molar-refractivity contribution in [3.05, 3.63) is 87.8 Å². The Morgan fingerprint density at radius 1 is 1.06 bits per heavy atom. The first kappa shape index (κ1) is 21.8. The van der Waals surface area contributed by atoms with Crippen molar-refractivity contribution in [1.29, 1.82) is 0 Å². The summed E-state index contributed by atoms with van der Waals surface area (Å²) in [6.07, 6.45) is 4.02. The molecular weight excluding hydrogens is 445 g/mol. The van der Waals surface area contributed by atoms with Crippen LogP contribution in [0.15, 0.2) is 65.8 Å². The molecule has 2 aromatic carbocycles. The van der Waals surface area contributed by atoms with Gasteiger partial charge in [0.25, 0.3) is 5.56 Å². The Balaban J connectivity index is 1.30. The van der Waals surface area contributed by atoms with Crippen molar-refractivity contribution in [1.82, 2.24) is 24.2 Å². The fourth-order valence-electron chi connectivity index (χ4n) is 4.28. The van der Waals surface area contributed by atoms with Crippen molar-refractivity contribution in [3.8, 4) is 5.69 Å². The maximum Gasteiger partial charge on any atom is 0.264 e. The van der Waals surface area contributed by atoms with E-state index >= 15 is 0 Å². The van der Waals surface area contributed by atoms with E-state index in [1.165, 1.54) is 39.5 Å². The van der Waals surface area contributed by atoms with Gasteiger partial charge in [-0.1, -0.05) is 23.7 Å². The normalized spacial score (nSPS) is 16.3. The Labute approximate surface area is 194 Å². The van der Waals surface area contributed by atoms with Crippen LogP contribution in [0.2, 0.25) is 5.02 Å². The second-order valence-electron chi connectivity index (χ2n) is 8.57. The molecule has 0 bridgehead atoms. The van der Waals surface area contributed by atoms with E-state index in [0.717, 1.165) is 19.6 Å².